The molecule has 4 heteroatoms. The second kappa shape index (κ2) is 6.79. The molecule has 1 fully saturated rings. The average Bonchev–Trinajstić information content (AvgIpc) is 2.87. The van der Waals surface area contributed by atoms with Gasteiger partial charge in [-0.25, -0.2) is 0 Å². The Morgan fingerprint density at radius 3 is 2.80 bits per heavy atom. The van der Waals surface area contributed by atoms with Crippen LogP contribution < -0.4 is 10.5 Å². The molecule has 1 atom stereocenters. The van der Waals surface area contributed by atoms with E-state index in [0.717, 1.165) is 25.3 Å². The molecular formula is C16H25ClN2O. The normalized spacial score (nSPS) is 20.9. The van der Waals surface area contributed by atoms with Crippen LogP contribution >= 0.6 is 12.4 Å². The number of nitrogens with two attached hydrogens (primary N) is 1. The molecule has 3 rings (SSSR count). The van der Waals surface area contributed by atoms with E-state index in [1.807, 2.05) is 0 Å². The number of piperidine rings is 1. The van der Waals surface area contributed by atoms with E-state index in [0.29, 0.717) is 12.0 Å². The molecule has 3 nitrogen and oxygen atoms in total. The first-order valence-corrected chi connectivity index (χ1v) is 7.45. The van der Waals surface area contributed by atoms with Gasteiger partial charge in [0.1, 0.15) is 5.75 Å². The number of likely N-dealkylation sites (tertiary alicyclic amines) is 1. The lowest BCUT2D eigenvalue weighted by Gasteiger charge is -2.33. The first-order chi connectivity index (χ1) is 9.22. The lowest BCUT2D eigenvalue weighted by Crippen LogP contribution is -2.39. The van der Waals surface area contributed by atoms with Crippen LogP contribution in [0.15, 0.2) is 18.2 Å². The van der Waals surface area contributed by atoms with Crippen LogP contribution in [0.5, 0.6) is 5.75 Å². The lowest BCUT2D eigenvalue weighted by molar-refractivity contribution is 0.165. The van der Waals surface area contributed by atoms with Crippen molar-refractivity contribution in [2.75, 3.05) is 19.7 Å². The molecule has 1 aromatic rings. The lowest BCUT2D eigenvalue weighted by atomic mass is 9.91. The molecule has 0 amide bonds. The Labute approximate surface area is 127 Å². The molecule has 1 unspecified atom stereocenters. The largest absolute Gasteiger partial charge is 0.493 e. The van der Waals surface area contributed by atoms with Crippen LogP contribution in [0.1, 0.15) is 30.9 Å². The molecule has 1 aromatic carbocycles. The molecule has 0 spiro atoms. The topological polar surface area (TPSA) is 38.5 Å². The van der Waals surface area contributed by atoms with Gasteiger partial charge >= 0.3 is 0 Å². The minimum atomic E-state index is 0. The van der Waals surface area contributed by atoms with Crippen molar-refractivity contribution in [3.05, 3.63) is 29.3 Å². The van der Waals surface area contributed by atoms with E-state index < -0.39 is 0 Å². The summed E-state index contributed by atoms with van der Waals surface area (Å²) < 4.78 is 5.56. The number of hydrogen-bond donors (Lipinski definition) is 1. The van der Waals surface area contributed by atoms with Gasteiger partial charge < -0.3 is 10.5 Å². The zero-order valence-corrected chi connectivity index (χ0v) is 13.0. The van der Waals surface area contributed by atoms with Crippen LogP contribution in [0.25, 0.3) is 0 Å². The van der Waals surface area contributed by atoms with E-state index in [4.69, 9.17) is 10.5 Å². The van der Waals surface area contributed by atoms with Crippen LogP contribution in [0, 0.1) is 5.92 Å². The highest BCUT2D eigenvalue weighted by Crippen LogP contribution is 2.27. The number of rotatable bonds is 3. The van der Waals surface area contributed by atoms with Gasteiger partial charge in [-0.3, -0.25) is 4.90 Å². The van der Waals surface area contributed by atoms with Gasteiger partial charge in [-0.05, 0) is 56.0 Å². The number of fused-ring (bicyclic) bond motifs is 1. The third-order valence-corrected chi connectivity index (χ3v) is 4.54. The third-order valence-electron chi connectivity index (χ3n) is 4.54. The molecule has 0 aromatic heterocycles. The van der Waals surface area contributed by atoms with Crippen molar-refractivity contribution in [2.24, 2.45) is 11.7 Å². The minimum Gasteiger partial charge on any atom is -0.493 e. The van der Waals surface area contributed by atoms with Gasteiger partial charge in [0, 0.05) is 19.0 Å². The number of ether oxygens (including phenoxy) is 1. The zero-order valence-electron chi connectivity index (χ0n) is 12.2. The number of halogens is 1. The highest BCUT2D eigenvalue weighted by atomic mass is 35.5. The summed E-state index contributed by atoms with van der Waals surface area (Å²) in [5.41, 5.74) is 8.79. The van der Waals surface area contributed by atoms with Crippen molar-refractivity contribution in [1.29, 1.82) is 0 Å². The molecule has 2 N–H and O–H groups in total. The Kier molecular flexibility index (Phi) is 5.30. The van der Waals surface area contributed by atoms with Gasteiger partial charge in [0.05, 0.1) is 6.61 Å². The van der Waals surface area contributed by atoms with Crippen LogP contribution in [0.3, 0.4) is 0 Å². The van der Waals surface area contributed by atoms with Crippen molar-refractivity contribution in [1.82, 2.24) is 4.90 Å². The molecular weight excluding hydrogens is 272 g/mol. The highest BCUT2D eigenvalue weighted by Gasteiger charge is 2.22. The first-order valence-electron chi connectivity index (χ1n) is 7.45. The van der Waals surface area contributed by atoms with Crippen LogP contribution in [0.4, 0.5) is 0 Å². The van der Waals surface area contributed by atoms with E-state index >= 15 is 0 Å². The van der Waals surface area contributed by atoms with Gasteiger partial charge in [-0.15, -0.1) is 12.4 Å². The fraction of sp³-hybridized carbons (Fsp3) is 0.625. The quantitative estimate of drug-likeness (QED) is 0.932. The van der Waals surface area contributed by atoms with Gasteiger partial charge in [-0.2, -0.15) is 0 Å². The molecule has 0 radical (unpaired) electrons. The maximum Gasteiger partial charge on any atom is 0.122 e. The van der Waals surface area contributed by atoms with Crippen molar-refractivity contribution < 1.29 is 4.74 Å². The van der Waals surface area contributed by atoms with Crippen molar-refractivity contribution in [3.8, 4) is 5.75 Å². The summed E-state index contributed by atoms with van der Waals surface area (Å²) in [5, 5.41) is 0. The molecule has 0 bridgehead atoms. The fourth-order valence-electron chi connectivity index (χ4n) is 3.23. The Balaban J connectivity index is 0.00000147. The summed E-state index contributed by atoms with van der Waals surface area (Å²) in [6.45, 7) is 6.41. The predicted octanol–water partition coefficient (Wildman–Crippen LogP) is 2.60. The summed E-state index contributed by atoms with van der Waals surface area (Å²) in [6, 6.07) is 7.01. The molecule has 2 aliphatic heterocycles. The maximum absolute atomic E-state index is 5.99. The minimum absolute atomic E-state index is 0. The summed E-state index contributed by atoms with van der Waals surface area (Å²) in [4.78, 5) is 2.55. The fourth-order valence-corrected chi connectivity index (χ4v) is 3.23. The SMILES string of the molecule is CC(N)C1CCN(Cc2ccc3c(c2)CCO3)CC1.Cl. The monoisotopic (exact) mass is 296 g/mol. The Morgan fingerprint density at radius 1 is 1.35 bits per heavy atom. The van der Waals surface area contributed by atoms with E-state index in [1.165, 1.54) is 37.1 Å². The molecule has 0 aliphatic carbocycles. The van der Waals surface area contributed by atoms with Crippen LogP contribution in [0.2, 0.25) is 0 Å². The molecule has 0 saturated carbocycles. The van der Waals surface area contributed by atoms with E-state index in [1.54, 1.807) is 0 Å². The summed E-state index contributed by atoms with van der Waals surface area (Å²) >= 11 is 0. The summed E-state index contributed by atoms with van der Waals surface area (Å²) in [7, 11) is 0. The van der Waals surface area contributed by atoms with Crippen molar-refractivity contribution in [3.63, 3.8) is 0 Å². The van der Waals surface area contributed by atoms with Crippen LogP contribution in [-0.2, 0) is 13.0 Å². The third kappa shape index (κ3) is 3.46. The standard InChI is InChI=1S/C16H24N2O.ClH/c1-12(17)14-4-7-18(8-5-14)11-13-2-3-16-15(10-13)6-9-19-16;/h2-3,10,12,14H,4-9,11,17H2,1H3;1H. The van der Waals surface area contributed by atoms with Gasteiger partial charge in [0.15, 0.2) is 0 Å². The summed E-state index contributed by atoms with van der Waals surface area (Å²) in [5.74, 6) is 1.80. The molecule has 1 saturated heterocycles. The van der Waals surface area contributed by atoms with Crippen molar-refractivity contribution in [2.45, 2.75) is 38.8 Å². The Hall–Kier alpha value is -0.770. The highest BCUT2D eigenvalue weighted by molar-refractivity contribution is 5.85. The van der Waals surface area contributed by atoms with Crippen molar-refractivity contribution >= 4 is 12.4 Å². The number of nitrogens with zero attached hydrogens (tertiary/aromatic N) is 1. The van der Waals surface area contributed by atoms with Gasteiger partial charge in [0.25, 0.3) is 0 Å². The average molecular weight is 297 g/mol. The number of benzene rings is 1. The second-order valence-electron chi connectivity index (χ2n) is 6.01. The second-order valence-corrected chi connectivity index (χ2v) is 6.01. The predicted molar refractivity (Wildman–Crippen MR) is 84.5 cm³/mol. The smallest absolute Gasteiger partial charge is 0.122 e. The maximum atomic E-state index is 5.99. The van der Waals surface area contributed by atoms with E-state index in [9.17, 15) is 0 Å². The Morgan fingerprint density at radius 2 is 2.10 bits per heavy atom. The summed E-state index contributed by atoms with van der Waals surface area (Å²) in [6.07, 6.45) is 3.55. The Bertz CT molecular complexity index is 442. The number of hydrogen-bond acceptors (Lipinski definition) is 3. The molecule has 2 aliphatic rings. The van der Waals surface area contributed by atoms with Crippen LogP contribution in [-0.4, -0.2) is 30.6 Å². The van der Waals surface area contributed by atoms with Gasteiger partial charge in [0.2, 0.25) is 0 Å². The van der Waals surface area contributed by atoms with E-state index in [2.05, 4.69) is 30.0 Å². The zero-order chi connectivity index (χ0) is 13.2. The van der Waals surface area contributed by atoms with Gasteiger partial charge in [-0.1, -0.05) is 12.1 Å². The first kappa shape index (κ1) is 15.6. The molecule has 2 heterocycles. The molecule has 20 heavy (non-hydrogen) atoms. The van der Waals surface area contributed by atoms with E-state index in [-0.39, 0.29) is 12.4 Å². The molecule has 112 valence electrons.